The van der Waals surface area contributed by atoms with Crippen LogP contribution in [0.3, 0.4) is 0 Å². The average molecular weight is 377 g/mol. The van der Waals surface area contributed by atoms with Gasteiger partial charge in [0.15, 0.2) is 0 Å². The van der Waals surface area contributed by atoms with Gasteiger partial charge in [0.1, 0.15) is 5.75 Å². The van der Waals surface area contributed by atoms with E-state index >= 15 is 0 Å². The van der Waals surface area contributed by atoms with Gasteiger partial charge in [0.2, 0.25) is 10.0 Å². The topological polar surface area (TPSA) is 81.7 Å². The first-order valence-electron chi connectivity index (χ1n) is 8.17. The van der Waals surface area contributed by atoms with Crippen molar-refractivity contribution < 1.29 is 22.7 Å². The van der Waals surface area contributed by atoms with Crippen LogP contribution in [-0.4, -0.2) is 28.6 Å². The molecule has 1 unspecified atom stereocenters. The maximum Gasteiger partial charge on any atom is 0.337 e. The van der Waals surface area contributed by atoms with Crippen molar-refractivity contribution in [2.24, 2.45) is 0 Å². The molecule has 0 aromatic heterocycles. The first kappa shape index (κ1) is 19.9. The Morgan fingerprint density at radius 3 is 2.27 bits per heavy atom. The number of hydrogen-bond donors (Lipinski definition) is 1. The van der Waals surface area contributed by atoms with Crippen LogP contribution >= 0.6 is 0 Å². The normalized spacial score (nSPS) is 12.5. The van der Waals surface area contributed by atoms with Crippen LogP contribution in [0.25, 0.3) is 0 Å². The highest BCUT2D eigenvalue weighted by Gasteiger charge is 2.23. The molecule has 26 heavy (non-hydrogen) atoms. The third kappa shape index (κ3) is 4.42. The summed E-state index contributed by atoms with van der Waals surface area (Å²) in [7, 11) is -0.887. The second-order valence-electron chi connectivity index (χ2n) is 5.83. The second-order valence-corrected chi connectivity index (χ2v) is 7.51. The molecule has 0 aliphatic carbocycles. The maximum atomic E-state index is 12.8. The Morgan fingerprint density at radius 1 is 1.12 bits per heavy atom. The third-order valence-electron chi connectivity index (χ3n) is 4.11. The van der Waals surface area contributed by atoms with Gasteiger partial charge >= 0.3 is 5.97 Å². The lowest BCUT2D eigenvalue weighted by atomic mass is 10.1. The van der Waals surface area contributed by atoms with Gasteiger partial charge in [-0.25, -0.2) is 17.9 Å². The largest absolute Gasteiger partial charge is 0.497 e. The second kappa shape index (κ2) is 8.33. The van der Waals surface area contributed by atoms with Crippen molar-refractivity contribution in [1.82, 2.24) is 4.72 Å². The summed E-state index contributed by atoms with van der Waals surface area (Å²) in [4.78, 5) is 11.7. The first-order valence-corrected chi connectivity index (χ1v) is 9.66. The molecule has 0 heterocycles. The van der Waals surface area contributed by atoms with Gasteiger partial charge in [-0.15, -0.1) is 0 Å². The molecule has 1 atom stereocenters. The van der Waals surface area contributed by atoms with Crippen molar-refractivity contribution in [2.75, 3.05) is 14.2 Å². The van der Waals surface area contributed by atoms with E-state index in [1.165, 1.54) is 25.3 Å². The van der Waals surface area contributed by atoms with Crippen LogP contribution in [0.1, 0.15) is 40.9 Å². The molecular formula is C19H23NO5S. The number of hydrogen-bond acceptors (Lipinski definition) is 5. The van der Waals surface area contributed by atoms with Crippen LogP contribution in [0, 0.1) is 6.92 Å². The lowest BCUT2D eigenvalue weighted by molar-refractivity contribution is 0.0600. The maximum absolute atomic E-state index is 12.8. The molecule has 0 bridgehead atoms. The molecule has 0 saturated heterocycles. The summed E-state index contributed by atoms with van der Waals surface area (Å²) < 4.78 is 38.2. The number of carbonyl (C=O) groups is 1. The lowest BCUT2D eigenvalue weighted by Gasteiger charge is -2.19. The number of methoxy groups -OCH3 is 2. The summed E-state index contributed by atoms with van der Waals surface area (Å²) in [6.07, 6.45) is 0.588. The van der Waals surface area contributed by atoms with Crippen molar-refractivity contribution in [3.63, 3.8) is 0 Å². The van der Waals surface area contributed by atoms with Crippen molar-refractivity contribution >= 4 is 16.0 Å². The fraction of sp³-hybridized carbons (Fsp3) is 0.316. The summed E-state index contributed by atoms with van der Waals surface area (Å²) in [5.41, 5.74) is 1.64. The van der Waals surface area contributed by atoms with Gasteiger partial charge in [-0.1, -0.05) is 19.1 Å². The van der Waals surface area contributed by atoms with Crippen molar-refractivity contribution in [3.05, 3.63) is 59.2 Å². The number of aryl methyl sites for hydroxylation is 1. The van der Waals surface area contributed by atoms with Crippen LogP contribution in [0.15, 0.2) is 47.4 Å². The average Bonchev–Trinajstić information content (AvgIpc) is 2.65. The number of sulfonamides is 1. The number of nitrogens with one attached hydrogen (secondary N) is 1. The molecule has 0 aliphatic rings. The number of esters is 1. The van der Waals surface area contributed by atoms with Crippen LogP contribution < -0.4 is 9.46 Å². The zero-order valence-electron chi connectivity index (χ0n) is 15.3. The zero-order valence-corrected chi connectivity index (χ0v) is 16.1. The minimum atomic E-state index is -3.75. The monoisotopic (exact) mass is 377 g/mol. The Labute approximate surface area is 154 Å². The van der Waals surface area contributed by atoms with Crippen LogP contribution in [0.4, 0.5) is 0 Å². The van der Waals surface area contributed by atoms with Crippen LogP contribution in [-0.2, 0) is 14.8 Å². The fourth-order valence-electron chi connectivity index (χ4n) is 2.67. The van der Waals surface area contributed by atoms with Gasteiger partial charge in [-0.3, -0.25) is 0 Å². The molecule has 0 saturated carbocycles. The molecule has 0 fully saturated rings. The van der Waals surface area contributed by atoms with Gasteiger partial charge in [-0.05, 0) is 54.8 Å². The molecule has 0 radical (unpaired) electrons. The molecule has 7 heteroatoms. The van der Waals surface area contributed by atoms with E-state index in [0.717, 1.165) is 5.56 Å². The Morgan fingerprint density at radius 2 is 1.77 bits per heavy atom. The summed E-state index contributed by atoms with van der Waals surface area (Å²) in [5.74, 6) is 0.204. The van der Waals surface area contributed by atoms with Crippen molar-refractivity contribution in [2.45, 2.75) is 31.2 Å². The van der Waals surface area contributed by atoms with E-state index in [1.807, 2.05) is 19.1 Å². The van der Waals surface area contributed by atoms with Crippen LogP contribution in [0.2, 0.25) is 0 Å². The summed E-state index contributed by atoms with van der Waals surface area (Å²) >= 11 is 0. The number of carbonyl (C=O) groups excluding carboxylic acids is 1. The molecule has 0 aliphatic heterocycles. The molecule has 2 aromatic rings. The van der Waals surface area contributed by atoms with Gasteiger partial charge in [0.25, 0.3) is 0 Å². The highest BCUT2D eigenvalue weighted by molar-refractivity contribution is 7.89. The Hall–Kier alpha value is -2.38. The van der Waals surface area contributed by atoms with Gasteiger partial charge in [0, 0.05) is 6.04 Å². The molecule has 140 valence electrons. The number of ether oxygens (including phenoxy) is 2. The molecule has 2 aromatic carbocycles. The van der Waals surface area contributed by atoms with E-state index < -0.39 is 16.0 Å². The fourth-order valence-corrected chi connectivity index (χ4v) is 4.20. The van der Waals surface area contributed by atoms with Crippen molar-refractivity contribution in [1.29, 1.82) is 0 Å². The molecule has 1 N–H and O–H groups in total. The Kier molecular flexibility index (Phi) is 6.39. The van der Waals surface area contributed by atoms with Gasteiger partial charge < -0.3 is 9.47 Å². The summed E-state index contributed by atoms with van der Waals surface area (Å²) in [6, 6.07) is 11.3. The molecule has 0 amide bonds. The molecule has 0 spiro atoms. The predicted molar refractivity (Wildman–Crippen MR) is 98.9 cm³/mol. The third-order valence-corrected chi connectivity index (χ3v) is 5.74. The van der Waals surface area contributed by atoms with Gasteiger partial charge in [0.05, 0.1) is 24.7 Å². The van der Waals surface area contributed by atoms with Crippen LogP contribution in [0.5, 0.6) is 5.75 Å². The molecular weight excluding hydrogens is 354 g/mol. The quantitative estimate of drug-likeness (QED) is 0.749. The Bertz CT molecular complexity index is 875. The van der Waals surface area contributed by atoms with Crippen molar-refractivity contribution in [3.8, 4) is 5.75 Å². The zero-order chi connectivity index (χ0) is 19.3. The van der Waals surface area contributed by atoms with E-state index in [1.54, 1.807) is 26.2 Å². The summed E-state index contributed by atoms with van der Waals surface area (Å²) in [6.45, 7) is 3.56. The highest BCUT2D eigenvalue weighted by atomic mass is 32.2. The first-order chi connectivity index (χ1) is 12.3. The SMILES string of the molecule is CCC(NS(=O)(=O)c1ccc(C(=O)OC)cc1C)c1ccc(OC)cc1. The summed E-state index contributed by atoms with van der Waals surface area (Å²) in [5, 5.41) is 0. The van der Waals surface area contributed by atoms with E-state index in [0.29, 0.717) is 23.3 Å². The highest BCUT2D eigenvalue weighted by Crippen LogP contribution is 2.24. The Balaban J connectivity index is 2.29. The predicted octanol–water partition coefficient (Wildman–Crippen LogP) is 3.22. The smallest absolute Gasteiger partial charge is 0.337 e. The van der Waals surface area contributed by atoms with E-state index in [-0.39, 0.29) is 10.9 Å². The minimum absolute atomic E-state index is 0.136. The van der Waals surface area contributed by atoms with E-state index in [9.17, 15) is 13.2 Å². The van der Waals surface area contributed by atoms with E-state index in [2.05, 4.69) is 9.46 Å². The van der Waals surface area contributed by atoms with Gasteiger partial charge in [-0.2, -0.15) is 0 Å². The standard InChI is InChI=1S/C19H23NO5S/c1-5-17(14-6-9-16(24-3)10-7-14)20-26(22,23)18-11-8-15(12-13(18)2)19(21)25-4/h6-12,17,20H,5H2,1-4H3. The number of benzene rings is 2. The van der Waals surface area contributed by atoms with E-state index in [4.69, 9.17) is 4.74 Å². The minimum Gasteiger partial charge on any atom is -0.497 e. The number of rotatable bonds is 7. The molecule has 2 rings (SSSR count). The molecule has 6 nitrogen and oxygen atoms in total. The lowest BCUT2D eigenvalue weighted by Crippen LogP contribution is -2.29.